The van der Waals surface area contributed by atoms with E-state index < -0.39 is 5.91 Å². The summed E-state index contributed by atoms with van der Waals surface area (Å²) in [6, 6.07) is -0.327. The number of amides is 3. The van der Waals surface area contributed by atoms with Crippen LogP contribution in [0.3, 0.4) is 0 Å². The van der Waals surface area contributed by atoms with Crippen LogP contribution in [0.25, 0.3) is 0 Å². The summed E-state index contributed by atoms with van der Waals surface area (Å²) in [5.41, 5.74) is 0. The van der Waals surface area contributed by atoms with Gasteiger partial charge in [0.25, 0.3) is 0 Å². The maximum atomic E-state index is 11.4. The number of likely N-dealkylation sites (tertiary alicyclic amines) is 1. The van der Waals surface area contributed by atoms with E-state index >= 15 is 0 Å². The van der Waals surface area contributed by atoms with Crippen LogP contribution in [0.4, 0.5) is 4.79 Å². The lowest BCUT2D eigenvalue weighted by Crippen LogP contribution is -2.42. The van der Waals surface area contributed by atoms with Gasteiger partial charge in [0.2, 0.25) is 5.91 Å². The molecule has 0 radical (unpaired) electrons. The van der Waals surface area contributed by atoms with Crippen LogP contribution in [0, 0.1) is 0 Å². The van der Waals surface area contributed by atoms with Crippen molar-refractivity contribution < 1.29 is 9.59 Å². The lowest BCUT2D eigenvalue weighted by atomic mass is 10.4. The first-order chi connectivity index (χ1) is 6.67. The van der Waals surface area contributed by atoms with E-state index in [1.54, 1.807) is 16.7 Å². The summed E-state index contributed by atoms with van der Waals surface area (Å²) in [6.07, 6.45) is 3.01. The number of hydrogen-bond donors (Lipinski definition) is 1. The normalized spacial score (nSPS) is 21.0. The van der Waals surface area contributed by atoms with E-state index in [0.29, 0.717) is 18.3 Å². The molecule has 1 heterocycles. The van der Waals surface area contributed by atoms with Crippen molar-refractivity contribution >= 4 is 35.3 Å². The summed E-state index contributed by atoms with van der Waals surface area (Å²) >= 11 is 7.02. The summed E-state index contributed by atoms with van der Waals surface area (Å²) in [6.45, 7) is 1.43. The van der Waals surface area contributed by atoms with Gasteiger partial charge in [-0.3, -0.25) is 10.1 Å². The van der Waals surface area contributed by atoms with E-state index in [1.165, 1.54) is 0 Å². The molecule has 1 N–H and O–H groups in total. The minimum Gasteiger partial charge on any atom is -0.323 e. The maximum Gasteiger partial charge on any atom is 0.324 e. The number of carbonyl (C=O) groups excluding carboxylic acids is 2. The number of carbonyl (C=O) groups is 2. The van der Waals surface area contributed by atoms with E-state index in [4.69, 9.17) is 11.6 Å². The van der Waals surface area contributed by atoms with Gasteiger partial charge in [-0.25, -0.2) is 4.79 Å². The van der Waals surface area contributed by atoms with Crippen LogP contribution in [-0.4, -0.2) is 47.3 Å². The van der Waals surface area contributed by atoms with Crippen molar-refractivity contribution in [3.63, 3.8) is 0 Å². The predicted molar refractivity (Wildman–Crippen MR) is 57.8 cm³/mol. The van der Waals surface area contributed by atoms with Crippen LogP contribution >= 0.6 is 23.4 Å². The van der Waals surface area contributed by atoms with Crippen LogP contribution in [0.15, 0.2) is 0 Å². The molecule has 1 aliphatic rings. The Hall–Kier alpha value is -0.420. The average Bonchev–Trinajstić information content (AvgIpc) is 2.65. The fraction of sp³-hybridized carbons (Fsp3) is 0.750. The number of rotatable bonds is 2. The first-order valence-corrected chi connectivity index (χ1v) is 6.17. The number of urea groups is 1. The van der Waals surface area contributed by atoms with Crippen molar-refractivity contribution in [1.82, 2.24) is 10.2 Å². The van der Waals surface area contributed by atoms with E-state index in [1.807, 2.05) is 6.26 Å². The Labute approximate surface area is 92.3 Å². The Morgan fingerprint density at radius 1 is 1.64 bits per heavy atom. The van der Waals surface area contributed by atoms with Gasteiger partial charge in [0.05, 0.1) is 0 Å². The summed E-state index contributed by atoms with van der Waals surface area (Å²) in [4.78, 5) is 23.9. The number of hydrogen-bond acceptors (Lipinski definition) is 3. The quantitative estimate of drug-likeness (QED) is 0.725. The van der Waals surface area contributed by atoms with E-state index in [2.05, 4.69) is 5.32 Å². The SMILES string of the molecule is CSC1CCN(C(=O)NC(=O)CCl)C1. The molecule has 1 unspecified atom stereocenters. The minimum absolute atomic E-state index is 0.175. The van der Waals surface area contributed by atoms with Gasteiger partial charge in [0, 0.05) is 18.3 Å². The second-order valence-corrected chi connectivity index (χ2v) is 4.48. The molecular formula is C8H13ClN2O2S. The second kappa shape index (κ2) is 5.46. The highest BCUT2D eigenvalue weighted by Gasteiger charge is 2.26. The predicted octanol–water partition coefficient (Wildman–Crippen LogP) is 0.899. The van der Waals surface area contributed by atoms with Crippen LogP contribution < -0.4 is 5.32 Å². The number of imide groups is 1. The summed E-state index contributed by atoms with van der Waals surface area (Å²) in [5, 5.41) is 2.72. The highest BCUT2D eigenvalue weighted by Crippen LogP contribution is 2.19. The molecule has 1 rings (SSSR count). The van der Waals surface area contributed by atoms with Crippen molar-refractivity contribution in [1.29, 1.82) is 0 Å². The summed E-state index contributed by atoms with van der Waals surface area (Å²) in [7, 11) is 0. The van der Waals surface area contributed by atoms with Gasteiger partial charge in [0.15, 0.2) is 0 Å². The van der Waals surface area contributed by atoms with Crippen molar-refractivity contribution in [3.05, 3.63) is 0 Å². The molecule has 80 valence electrons. The van der Waals surface area contributed by atoms with E-state index in [0.717, 1.165) is 6.42 Å². The first-order valence-electron chi connectivity index (χ1n) is 4.35. The highest BCUT2D eigenvalue weighted by atomic mass is 35.5. The zero-order valence-electron chi connectivity index (χ0n) is 7.96. The number of nitrogens with one attached hydrogen (secondary N) is 1. The molecular weight excluding hydrogens is 224 g/mol. The minimum atomic E-state index is -0.440. The van der Waals surface area contributed by atoms with Crippen molar-refractivity contribution in [3.8, 4) is 0 Å². The number of halogens is 1. The molecule has 4 nitrogen and oxygen atoms in total. The van der Waals surface area contributed by atoms with E-state index in [-0.39, 0.29) is 11.9 Å². The van der Waals surface area contributed by atoms with Gasteiger partial charge < -0.3 is 4.90 Å². The van der Waals surface area contributed by atoms with Crippen LogP contribution in [0.1, 0.15) is 6.42 Å². The maximum absolute atomic E-state index is 11.4. The Kier molecular flexibility index (Phi) is 4.54. The molecule has 6 heteroatoms. The van der Waals surface area contributed by atoms with Crippen molar-refractivity contribution in [2.45, 2.75) is 11.7 Å². The van der Waals surface area contributed by atoms with Crippen LogP contribution in [0.5, 0.6) is 0 Å². The zero-order chi connectivity index (χ0) is 10.6. The number of nitrogens with zero attached hydrogens (tertiary/aromatic N) is 1. The highest BCUT2D eigenvalue weighted by molar-refractivity contribution is 7.99. The van der Waals surface area contributed by atoms with Gasteiger partial charge >= 0.3 is 6.03 Å². The molecule has 0 aromatic carbocycles. The van der Waals surface area contributed by atoms with Gasteiger partial charge in [-0.1, -0.05) is 0 Å². The average molecular weight is 237 g/mol. The fourth-order valence-corrected chi connectivity index (χ4v) is 2.07. The first kappa shape index (κ1) is 11.7. The third-order valence-corrected chi connectivity index (χ3v) is 3.43. The molecule has 14 heavy (non-hydrogen) atoms. The second-order valence-electron chi connectivity index (χ2n) is 3.08. The molecule has 0 bridgehead atoms. The smallest absolute Gasteiger partial charge is 0.323 e. The van der Waals surface area contributed by atoms with Crippen molar-refractivity contribution in [2.75, 3.05) is 25.2 Å². The molecule has 1 atom stereocenters. The molecule has 0 aliphatic carbocycles. The number of alkyl halides is 1. The number of thioether (sulfide) groups is 1. The lowest BCUT2D eigenvalue weighted by molar-refractivity contribution is -0.117. The monoisotopic (exact) mass is 236 g/mol. The van der Waals surface area contributed by atoms with Crippen LogP contribution in [0.2, 0.25) is 0 Å². The Bertz CT molecular complexity index is 237. The van der Waals surface area contributed by atoms with Gasteiger partial charge in [-0.15, -0.1) is 11.6 Å². The summed E-state index contributed by atoms with van der Waals surface area (Å²) < 4.78 is 0. The summed E-state index contributed by atoms with van der Waals surface area (Å²) in [5.74, 6) is -0.616. The van der Waals surface area contributed by atoms with E-state index in [9.17, 15) is 9.59 Å². The molecule has 3 amide bonds. The van der Waals surface area contributed by atoms with Crippen LogP contribution in [-0.2, 0) is 4.79 Å². The molecule has 0 aromatic rings. The Balaban J connectivity index is 2.35. The largest absolute Gasteiger partial charge is 0.324 e. The van der Waals surface area contributed by atoms with Gasteiger partial charge in [-0.2, -0.15) is 11.8 Å². The molecule has 0 aromatic heterocycles. The van der Waals surface area contributed by atoms with Crippen molar-refractivity contribution in [2.24, 2.45) is 0 Å². The molecule has 0 spiro atoms. The standard InChI is InChI=1S/C8H13ClN2O2S/c1-14-6-2-3-11(5-6)8(13)10-7(12)4-9/h6H,2-5H2,1H3,(H,10,12,13). The Morgan fingerprint density at radius 3 is 2.86 bits per heavy atom. The fourth-order valence-electron chi connectivity index (χ4n) is 1.34. The molecule has 1 fully saturated rings. The lowest BCUT2D eigenvalue weighted by Gasteiger charge is -2.15. The van der Waals surface area contributed by atoms with Gasteiger partial charge in [-0.05, 0) is 12.7 Å². The topological polar surface area (TPSA) is 49.4 Å². The van der Waals surface area contributed by atoms with Gasteiger partial charge in [0.1, 0.15) is 5.88 Å². The molecule has 0 saturated carbocycles. The molecule has 1 aliphatic heterocycles. The molecule has 1 saturated heterocycles. The third-order valence-electron chi connectivity index (χ3n) is 2.13. The third kappa shape index (κ3) is 3.06. The Morgan fingerprint density at radius 2 is 2.36 bits per heavy atom. The zero-order valence-corrected chi connectivity index (χ0v) is 9.53.